The summed E-state index contributed by atoms with van der Waals surface area (Å²) in [4.78, 5) is 0. The van der Waals surface area contributed by atoms with Crippen LogP contribution in [0.1, 0.15) is 5.56 Å². The molecule has 0 heterocycles. The molecule has 4 heteroatoms. The van der Waals surface area contributed by atoms with Crippen LogP contribution in [0.4, 0.5) is 4.39 Å². The molecule has 1 N–H and O–H groups in total. The third-order valence-electron chi connectivity index (χ3n) is 1.37. The van der Waals surface area contributed by atoms with E-state index in [-0.39, 0.29) is 16.0 Å². The molecule has 1 aromatic rings. The summed E-state index contributed by atoms with van der Waals surface area (Å²) in [5.41, 5.74) is 0.0464. The first-order valence-corrected chi connectivity index (χ1v) is 3.38. The monoisotopic (exact) mass is 170 g/mol. The highest BCUT2D eigenvalue weighted by Crippen LogP contribution is 2.16. The topological polar surface area (TPSA) is 20.2 Å². The Morgan fingerprint density at radius 1 is 1.55 bits per heavy atom. The van der Waals surface area contributed by atoms with Crippen LogP contribution < -0.4 is 5.46 Å². The summed E-state index contributed by atoms with van der Waals surface area (Å²) in [5.74, 6) is -0.639. The molecule has 0 amide bonds. The lowest BCUT2D eigenvalue weighted by molar-refractivity contribution is 0.276. The number of hydrogen-bond donors (Lipinski definition) is 1. The van der Waals surface area contributed by atoms with E-state index in [1.54, 1.807) is 0 Å². The van der Waals surface area contributed by atoms with E-state index in [2.05, 4.69) is 0 Å². The lowest BCUT2D eigenvalue weighted by Gasteiger charge is -2.04. The summed E-state index contributed by atoms with van der Waals surface area (Å²) >= 11 is 5.55. The Labute approximate surface area is 70.2 Å². The van der Waals surface area contributed by atoms with E-state index >= 15 is 0 Å². The van der Waals surface area contributed by atoms with E-state index in [0.29, 0.717) is 0 Å². The van der Waals surface area contributed by atoms with Gasteiger partial charge in [0.1, 0.15) is 13.7 Å². The van der Waals surface area contributed by atoms with Gasteiger partial charge in [0.2, 0.25) is 0 Å². The van der Waals surface area contributed by atoms with Crippen molar-refractivity contribution in [3.8, 4) is 0 Å². The molecular formula is C7H5BClFO. The molecule has 0 atom stereocenters. The molecule has 11 heavy (non-hydrogen) atoms. The Morgan fingerprint density at radius 3 is 2.64 bits per heavy atom. The first kappa shape index (κ1) is 8.56. The molecule has 0 saturated carbocycles. The van der Waals surface area contributed by atoms with Crippen LogP contribution in [-0.2, 0) is 6.61 Å². The molecule has 0 aromatic heterocycles. The van der Waals surface area contributed by atoms with E-state index in [1.807, 2.05) is 0 Å². The third kappa shape index (κ3) is 1.55. The van der Waals surface area contributed by atoms with Crippen LogP contribution in [0.15, 0.2) is 12.1 Å². The SMILES string of the molecule is [B]c1ccc(Cl)c(CO)c1F. The van der Waals surface area contributed by atoms with E-state index < -0.39 is 12.4 Å². The summed E-state index contributed by atoms with van der Waals surface area (Å²) in [7, 11) is 5.22. The van der Waals surface area contributed by atoms with Gasteiger partial charge in [0.05, 0.1) is 6.61 Å². The summed E-state index contributed by atoms with van der Waals surface area (Å²) in [5, 5.41) is 8.84. The Hall–Kier alpha value is -0.535. The number of aliphatic hydroxyl groups is 1. The van der Waals surface area contributed by atoms with Gasteiger partial charge in [0.15, 0.2) is 0 Å². The van der Waals surface area contributed by atoms with Gasteiger partial charge in [-0.3, -0.25) is 0 Å². The standard InChI is InChI=1S/C7H5BClFO/c8-5-1-2-6(9)4(3-11)7(5)10/h1-2,11H,3H2. The van der Waals surface area contributed by atoms with Crippen LogP contribution >= 0.6 is 11.6 Å². The molecule has 0 aliphatic rings. The van der Waals surface area contributed by atoms with E-state index in [9.17, 15) is 4.39 Å². The zero-order valence-electron chi connectivity index (χ0n) is 5.64. The molecule has 0 saturated heterocycles. The minimum absolute atomic E-state index is 0.00144. The Kier molecular flexibility index (Phi) is 2.52. The lowest BCUT2D eigenvalue weighted by atomic mass is 9.93. The number of halogens is 2. The average molecular weight is 170 g/mol. The van der Waals surface area contributed by atoms with Crippen LogP contribution in [0.25, 0.3) is 0 Å². The van der Waals surface area contributed by atoms with Gasteiger partial charge >= 0.3 is 0 Å². The summed E-state index contributed by atoms with van der Waals surface area (Å²) in [6, 6.07) is 2.81. The molecule has 1 nitrogen and oxygen atoms in total. The second-order valence-corrected chi connectivity index (χ2v) is 2.49. The maximum Gasteiger partial charge on any atom is 0.123 e. The van der Waals surface area contributed by atoms with Crippen molar-refractivity contribution >= 4 is 24.9 Å². The smallest absolute Gasteiger partial charge is 0.123 e. The van der Waals surface area contributed by atoms with E-state index in [1.165, 1.54) is 12.1 Å². The van der Waals surface area contributed by atoms with Crippen LogP contribution in [-0.4, -0.2) is 13.0 Å². The van der Waals surface area contributed by atoms with Gasteiger partial charge in [-0.2, -0.15) is 0 Å². The highest BCUT2D eigenvalue weighted by atomic mass is 35.5. The van der Waals surface area contributed by atoms with Gasteiger partial charge in [-0.1, -0.05) is 23.1 Å². The number of rotatable bonds is 1. The first-order chi connectivity index (χ1) is 5.16. The third-order valence-corrected chi connectivity index (χ3v) is 1.73. The zero-order chi connectivity index (χ0) is 8.43. The molecule has 0 fully saturated rings. The van der Waals surface area contributed by atoms with E-state index in [0.717, 1.165) is 0 Å². The molecule has 1 aromatic carbocycles. The first-order valence-electron chi connectivity index (χ1n) is 3.00. The fourth-order valence-electron chi connectivity index (χ4n) is 0.761. The Balaban J connectivity index is 3.29. The largest absolute Gasteiger partial charge is 0.392 e. The predicted octanol–water partition coefficient (Wildman–Crippen LogP) is 0.765. The number of aliphatic hydroxyl groups excluding tert-OH is 1. The Bertz CT molecular complexity index is 277. The normalized spacial score (nSPS) is 10.1. The summed E-state index contributed by atoms with van der Waals surface area (Å²) in [6.07, 6.45) is 0. The van der Waals surface area contributed by atoms with Crippen molar-refractivity contribution in [2.45, 2.75) is 6.61 Å². The lowest BCUT2D eigenvalue weighted by Crippen LogP contribution is -2.11. The quantitative estimate of drug-likeness (QED) is 0.617. The van der Waals surface area contributed by atoms with Crippen molar-refractivity contribution < 1.29 is 9.50 Å². The highest BCUT2D eigenvalue weighted by molar-refractivity contribution is 6.35. The molecule has 0 unspecified atom stereocenters. The van der Waals surface area contributed by atoms with Gasteiger partial charge < -0.3 is 5.11 Å². The molecule has 0 bridgehead atoms. The van der Waals surface area contributed by atoms with Crippen LogP contribution in [0.3, 0.4) is 0 Å². The van der Waals surface area contributed by atoms with Crippen LogP contribution in [0.2, 0.25) is 5.02 Å². The summed E-state index contributed by atoms with van der Waals surface area (Å²) in [6.45, 7) is -0.435. The fourth-order valence-corrected chi connectivity index (χ4v) is 0.966. The second kappa shape index (κ2) is 3.24. The second-order valence-electron chi connectivity index (χ2n) is 2.09. The Morgan fingerprint density at radius 2 is 2.18 bits per heavy atom. The molecule has 0 aliphatic heterocycles. The molecule has 1 rings (SSSR count). The van der Waals surface area contributed by atoms with Gasteiger partial charge in [0, 0.05) is 10.6 Å². The van der Waals surface area contributed by atoms with Crippen molar-refractivity contribution in [3.05, 3.63) is 28.5 Å². The fraction of sp³-hybridized carbons (Fsp3) is 0.143. The molecular weight excluding hydrogens is 165 g/mol. The minimum Gasteiger partial charge on any atom is -0.392 e. The maximum absolute atomic E-state index is 12.9. The van der Waals surface area contributed by atoms with Crippen molar-refractivity contribution in [1.82, 2.24) is 0 Å². The van der Waals surface area contributed by atoms with E-state index in [4.69, 9.17) is 24.6 Å². The van der Waals surface area contributed by atoms with Gasteiger partial charge in [-0.25, -0.2) is 4.39 Å². The van der Waals surface area contributed by atoms with Crippen molar-refractivity contribution in [2.24, 2.45) is 0 Å². The van der Waals surface area contributed by atoms with Crippen molar-refractivity contribution in [2.75, 3.05) is 0 Å². The predicted molar refractivity (Wildman–Crippen MR) is 42.7 cm³/mol. The minimum atomic E-state index is -0.639. The zero-order valence-corrected chi connectivity index (χ0v) is 6.40. The van der Waals surface area contributed by atoms with Gasteiger partial charge in [0.25, 0.3) is 0 Å². The van der Waals surface area contributed by atoms with Crippen LogP contribution in [0, 0.1) is 5.82 Å². The summed E-state index contributed by atoms with van der Waals surface area (Å²) < 4.78 is 12.9. The van der Waals surface area contributed by atoms with Gasteiger partial charge in [-0.05, 0) is 6.07 Å². The number of benzene rings is 1. The molecule has 0 spiro atoms. The average Bonchev–Trinajstić information content (AvgIpc) is 1.99. The number of hydrogen-bond acceptors (Lipinski definition) is 1. The molecule has 0 aliphatic carbocycles. The van der Waals surface area contributed by atoms with Crippen LogP contribution in [0.5, 0.6) is 0 Å². The molecule has 2 radical (unpaired) electrons. The van der Waals surface area contributed by atoms with Crippen molar-refractivity contribution in [1.29, 1.82) is 0 Å². The van der Waals surface area contributed by atoms with Crippen molar-refractivity contribution in [3.63, 3.8) is 0 Å². The van der Waals surface area contributed by atoms with Gasteiger partial charge in [-0.15, -0.1) is 0 Å². The highest BCUT2D eigenvalue weighted by Gasteiger charge is 2.07. The molecule has 56 valence electrons. The maximum atomic E-state index is 12.9.